The highest BCUT2D eigenvalue weighted by Gasteiger charge is 2.09. The van der Waals surface area contributed by atoms with Crippen molar-refractivity contribution in [3.63, 3.8) is 0 Å². The van der Waals surface area contributed by atoms with Crippen LogP contribution in [0.3, 0.4) is 0 Å². The lowest BCUT2D eigenvalue weighted by molar-refractivity contribution is 0.101. The minimum atomic E-state index is 0.433. The maximum absolute atomic E-state index is 9.12. The predicted molar refractivity (Wildman–Crippen MR) is 73.1 cm³/mol. The molecule has 0 aliphatic carbocycles. The van der Waals surface area contributed by atoms with Crippen molar-refractivity contribution in [3.05, 3.63) is 36.0 Å². The zero-order valence-electron chi connectivity index (χ0n) is 10.9. The number of rotatable bonds is 6. The standard InChI is InChI=1S/C15H16N2O2/c1-2-7-18-8-9-19-15-12(10-16)11-17-14-6-4-3-5-13(14)15/h3-6,11H,2,7-9H2,1H3. The Hall–Kier alpha value is -2.12. The average Bonchev–Trinajstić information content (AvgIpc) is 2.47. The van der Waals surface area contributed by atoms with Crippen LogP contribution in [0.15, 0.2) is 30.5 Å². The van der Waals surface area contributed by atoms with E-state index in [1.165, 1.54) is 0 Å². The van der Waals surface area contributed by atoms with Crippen molar-refractivity contribution >= 4 is 10.9 Å². The lowest BCUT2D eigenvalue weighted by atomic mass is 10.1. The van der Waals surface area contributed by atoms with Gasteiger partial charge in [0.2, 0.25) is 0 Å². The van der Waals surface area contributed by atoms with Crippen molar-refractivity contribution in [1.29, 1.82) is 5.26 Å². The van der Waals surface area contributed by atoms with Crippen molar-refractivity contribution in [1.82, 2.24) is 4.98 Å². The Kier molecular flexibility index (Phi) is 4.71. The summed E-state index contributed by atoms with van der Waals surface area (Å²) in [6.07, 6.45) is 2.53. The summed E-state index contributed by atoms with van der Waals surface area (Å²) in [6.45, 7) is 3.74. The van der Waals surface area contributed by atoms with Crippen LogP contribution in [-0.2, 0) is 4.74 Å². The molecule has 0 amide bonds. The van der Waals surface area contributed by atoms with Crippen molar-refractivity contribution < 1.29 is 9.47 Å². The minimum Gasteiger partial charge on any atom is -0.489 e. The molecule has 0 saturated carbocycles. The van der Waals surface area contributed by atoms with Crippen molar-refractivity contribution in [2.45, 2.75) is 13.3 Å². The highest BCUT2D eigenvalue weighted by atomic mass is 16.5. The normalized spacial score (nSPS) is 10.3. The van der Waals surface area contributed by atoms with Gasteiger partial charge in [0, 0.05) is 18.2 Å². The number of ether oxygens (including phenoxy) is 2. The summed E-state index contributed by atoms with van der Waals surface area (Å²) in [5.74, 6) is 0.591. The van der Waals surface area contributed by atoms with E-state index in [0.717, 1.165) is 23.9 Å². The van der Waals surface area contributed by atoms with Gasteiger partial charge in [-0.25, -0.2) is 0 Å². The Morgan fingerprint density at radius 1 is 1.21 bits per heavy atom. The number of benzene rings is 1. The van der Waals surface area contributed by atoms with Gasteiger partial charge in [-0.05, 0) is 18.6 Å². The molecular weight excluding hydrogens is 240 g/mol. The third kappa shape index (κ3) is 3.21. The molecule has 0 saturated heterocycles. The molecule has 0 spiro atoms. The van der Waals surface area contributed by atoms with Crippen LogP contribution in [0.25, 0.3) is 10.9 Å². The molecular formula is C15H16N2O2. The summed E-state index contributed by atoms with van der Waals surface area (Å²) in [6, 6.07) is 9.74. The van der Waals surface area contributed by atoms with Crippen LogP contribution < -0.4 is 4.74 Å². The molecule has 98 valence electrons. The van der Waals surface area contributed by atoms with Crippen molar-refractivity contribution in [3.8, 4) is 11.8 Å². The molecule has 2 rings (SSSR count). The molecule has 19 heavy (non-hydrogen) atoms. The number of nitriles is 1. The molecule has 2 aromatic rings. The van der Waals surface area contributed by atoms with Gasteiger partial charge in [0.05, 0.1) is 12.1 Å². The molecule has 4 heteroatoms. The van der Waals surface area contributed by atoms with Gasteiger partial charge in [0.25, 0.3) is 0 Å². The maximum atomic E-state index is 9.12. The molecule has 4 nitrogen and oxygen atoms in total. The number of hydrogen-bond donors (Lipinski definition) is 0. The van der Waals surface area contributed by atoms with E-state index < -0.39 is 0 Å². The molecule has 0 aliphatic rings. The van der Waals surface area contributed by atoms with E-state index in [2.05, 4.69) is 18.0 Å². The number of aromatic nitrogens is 1. The lowest BCUT2D eigenvalue weighted by Gasteiger charge is -2.10. The monoisotopic (exact) mass is 256 g/mol. The number of fused-ring (bicyclic) bond motifs is 1. The molecule has 0 aliphatic heterocycles. The molecule has 1 aromatic carbocycles. The summed E-state index contributed by atoms with van der Waals surface area (Å²) in [7, 11) is 0. The molecule has 0 radical (unpaired) electrons. The summed E-state index contributed by atoms with van der Waals surface area (Å²) in [4.78, 5) is 4.24. The fraction of sp³-hybridized carbons (Fsp3) is 0.333. The molecule has 0 N–H and O–H groups in total. The predicted octanol–water partition coefficient (Wildman–Crippen LogP) is 2.91. The van der Waals surface area contributed by atoms with Crippen LogP contribution in [-0.4, -0.2) is 24.8 Å². The van der Waals surface area contributed by atoms with E-state index in [-0.39, 0.29) is 0 Å². The molecule has 0 bridgehead atoms. The summed E-state index contributed by atoms with van der Waals surface area (Å²) < 4.78 is 11.1. The van der Waals surface area contributed by atoms with Crippen LogP contribution in [0.1, 0.15) is 18.9 Å². The maximum Gasteiger partial charge on any atom is 0.148 e. The second-order valence-electron chi connectivity index (χ2n) is 4.09. The molecule has 1 aromatic heterocycles. The minimum absolute atomic E-state index is 0.433. The Morgan fingerprint density at radius 2 is 2.05 bits per heavy atom. The summed E-state index contributed by atoms with van der Waals surface area (Å²) in [5, 5.41) is 9.98. The average molecular weight is 256 g/mol. The van der Waals surface area contributed by atoms with E-state index in [9.17, 15) is 0 Å². The van der Waals surface area contributed by atoms with Gasteiger partial charge in [-0.15, -0.1) is 0 Å². The molecule has 1 heterocycles. The first-order valence-electron chi connectivity index (χ1n) is 6.35. The first-order valence-corrected chi connectivity index (χ1v) is 6.35. The fourth-order valence-electron chi connectivity index (χ4n) is 1.80. The smallest absolute Gasteiger partial charge is 0.148 e. The zero-order chi connectivity index (χ0) is 13.5. The summed E-state index contributed by atoms with van der Waals surface area (Å²) >= 11 is 0. The SMILES string of the molecule is CCCOCCOc1c(C#N)cnc2ccccc12. The number of nitrogens with zero attached hydrogens (tertiary/aromatic N) is 2. The Bertz CT molecular complexity index is 590. The highest BCUT2D eigenvalue weighted by Crippen LogP contribution is 2.27. The number of hydrogen-bond acceptors (Lipinski definition) is 4. The number of para-hydroxylation sites is 1. The third-order valence-electron chi connectivity index (χ3n) is 2.67. The van der Waals surface area contributed by atoms with Gasteiger partial charge >= 0.3 is 0 Å². The van der Waals surface area contributed by atoms with Crippen molar-refractivity contribution in [2.24, 2.45) is 0 Å². The van der Waals surface area contributed by atoms with Crippen LogP contribution in [0.5, 0.6) is 5.75 Å². The van der Waals surface area contributed by atoms with Crippen molar-refractivity contribution in [2.75, 3.05) is 19.8 Å². The topological polar surface area (TPSA) is 55.1 Å². The zero-order valence-corrected chi connectivity index (χ0v) is 10.9. The van der Waals surface area contributed by atoms with E-state index in [1.54, 1.807) is 6.20 Å². The lowest BCUT2D eigenvalue weighted by Crippen LogP contribution is -2.08. The van der Waals surface area contributed by atoms with Gasteiger partial charge in [-0.1, -0.05) is 19.1 Å². The molecule has 0 fully saturated rings. The van der Waals surface area contributed by atoms with Crippen LogP contribution in [0.4, 0.5) is 0 Å². The van der Waals surface area contributed by atoms with E-state index >= 15 is 0 Å². The van der Waals surface area contributed by atoms with Gasteiger partial charge in [0.1, 0.15) is 24.0 Å². The van der Waals surface area contributed by atoms with Gasteiger partial charge in [-0.2, -0.15) is 5.26 Å². The Balaban J connectivity index is 2.17. The second kappa shape index (κ2) is 6.72. The van der Waals surface area contributed by atoms with Crippen LogP contribution >= 0.6 is 0 Å². The number of pyridine rings is 1. The van der Waals surface area contributed by atoms with E-state index in [4.69, 9.17) is 14.7 Å². The van der Waals surface area contributed by atoms with E-state index in [1.807, 2.05) is 24.3 Å². The largest absolute Gasteiger partial charge is 0.489 e. The summed E-state index contributed by atoms with van der Waals surface area (Å²) in [5.41, 5.74) is 1.28. The van der Waals surface area contributed by atoms with Crippen LogP contribution in [0, 0.1) is 11.3 Å². The first-order chi connectivity index (χ1) is 9.36. The van der Waals surface area contributed by atoms with Gasteiger partial charge in [0.15, 0.2) is 0 Å². The highest BCUT2D eigenvalue weighted by molar-refractivity contribution is 5.86. The molecule has 0 unspecified atom stereocenters. The van der Waals surface area contributed by atoms with Crippen LogP contribution in [0.2, 0.25) is 0 Å². The van der Waals surface area contributed by atoms with Gasteiger partial charge < -0.3 is 9.47 Å². The fourth-order valence-corrected chi connectivity index (χ4v) is 1.80. The van der Waals surface area contributed by atoms with E-state index in [0.29, 0.717) is 24.5 Å². The second-order valence-corrected chi connectivity index (χ2v) is 4.09. The Labute approximate surface area is 112 Å². The Morgan fingerprint density at radius 3 is 2.84 bits per heavy atom. The first kappa shape index (κ1) is 13.3. The van der Waals surface area contributed by atoms with Gasteiger partial charge in [-0.3, -0.25) is 4.98 Å². The molecule has 0 atom stereocenters. The quantitative estimate of drug-likeness (QED) is 0.746. The third-order valence-corrected chi connectivity index (χ3v) is 2.67.